The molecule has 1 amide bonds. The van der Waals surface area contributed by atoms with Crippen LogP contribution in [0.1, 0.15) is 48.0 Å². The van der Waals surface area contributed by atoms with Crippen molar-refractivity contribution in [2.24, 2.45) is 5.92 Å². The van der Waals surface area contributed by atoms with Gasteiger partial charge in [-0.15, -0.1) is 0 Å². The molecule has 0 unspecified atom stereocenters. The third-order valence-corrected chi connectivity index (χ3v) is 5.40. The second-order valence-corrected chi connectivity index (χ2v) is 7.41. The van der Waals surface area contributed by atoms with Crippen molar-refractivity contribution in [1.82, 2.24) is 4.98 Å². The van der Waals surface area contributed by atoms with Gasteiger partial charge in [0.05, 0.1) is 12.2 Å². The van der Waals surface area contributed by atoms with Gasteiger partial charge in [-0.1, -0.05) is 37.5 Å². The fraction of sp³-hybridized carbons (Fsp3) is 0.409. The summed E-state index contributed by atoms with van der Waals surface area (Å²) in [6.07, 6.45) is 7.23. The Kier molecular flexibility index (Phi) is 5.55. The first-order valence-electron chi connectivity index (χ1n) is 9.88. The second kappa shape index (κ2) is 8.42. The third kappa shape index (κ3) is 4.16. The van der Waals surface area contributed by atoms with Gasteiger partial charge in [0.2, 0.25) is 0 Å². The number of cyclic esters (lactones) is 1. The number of nitrogens with zero attached hydrogens (tertiary/aromatic N) is 1. The van der Waals surface area contributed by atoms with Gasteiger partial charge in [0.25, 0.3) is 5.91 Å². The maximum absolute atomic E-state index is 12.7. The van der Waals surface area contributed by atoms with Crippen LogP contribution in [-0.2, 0) is 16.0 Å². The Morgan fingerprint density at radius 3 is 2.82 bits per heavy atom. The van der Waals surface area contributed by atoms with Crippen LogP contribution in [0.3, 0.4) is 0 Å². The summed E-state index contributed by atoms with van der Waals surface area (Å²) < 4.78 is 11.3. The molecule has 0 spiro atoms. The highest BCUT2D eigenvalue weighted by atomic mass is 16.5. The summed E-state index contributed by atoms with van der Waals surface area (Å²) in [7, 11) is 0. The Hall–Kier alpha value is -2.89. The van der Waals surface area contributed by atoms with Gasteiger partial charge in [-0.05, 0) is 42.5 Å². The molecule has 1 aromatic heterocycles. The molecule has 1 fully saturated rings. The SMILES string of the molecule is O=C1O[C@H](C(=O)Nc2ncccc2OCC2CCCCC2)Cc2ccccc21. The van der Waals surface area contributed by atoms with Crippen LogP contribution in [-0.4, -0.2) is 29.6 Å². The number of ether oxygens (including phenoxy) is 2. The lowest BCUT2D eigenvalue weighted by atomic mass is 9.90. The number of aromatic nitrogens is 1. The highest BCUT2D eigenvalue weighted by molar-refractivity contribution is 6.00. The minimum Gasteiger partial charge on any atom is -0.489 e. The molecular formula is C22H24N2O4. The quantitative estimate of drug-likeness (QED) is 0.799. The van der Waals surface area contributed by atoms with E-state index in [1.54, 1.807) is 30.5 Å². The van der Waals surface area contributed by atoms with E-state index in [1.165, 1.54) is 32.1 Å². The van der Waals surface area contributed by atoms with E-state index in [0.717, 1.165) is 5.56 Å². The van der Waals surface area contributed by atoms with Crippen LogP contribution < -0.4 is 10.1 Å². The molecule has 0 saturated heterocycles. The first kappa shape index (κ1) is 18.5. The number of nitrogens with one attached hydrogen (secondary N) is 1. The molecule has 28 heavy (non-hydrogen) atoms. The highest BCUT2D eigenvalue weighted by Gasteiger charge is 2.31. The monoisotopic (exact) mass is 380 g/mol. The Bertz CT molecular complexity index is 861. The average Bonchev–Trinajstić information content (AvgIpc) is 2.74. The predicted molar refractivity (Wildman–Crippen MR) is 104 cm³/mol. The summed E-state index contributed by atoms with van der Waals surface area (Å²) in [5, 5.41) is 2.77. The molecule has 1 atom stereocenters. The Labute approximate surface area is 164 Å². The number of amides is 1. The summed E-state index contributed by atoms with van der Waals surface area (Å²) in [5.74, 6) is 0.580. The molecule has 2 aliphatic rings. The first-order chi connectivity index (χ1) is 13.7. The molecule has 1 aliphatic heterocycles. The lowest BCUT2D eigenvalue weighted by Crippen LogP contribution is -2.38. The van der Waals surface area contributed by atoms with Crippen LogP contribution in [0.5, 0.6) is 5.75 Å². The second-order valence-electron chi connectivity index (χ2n) is 7.41. The lowest BCUT2D eigenvalue weighted by Gasteiger charge is -2.24. The fourth-order valence-electron chi connectivity index (χ4n) is 3.84. The number of fused-ring (bicyclic) bond motifs is 1. The van der Waals surface area contributed by atoms with Crippen molar-refractivity contribution in [2.75, 3.05) is 11.9 Å². The topological polar surface area (TPSA) is 77.5 Å². The van der Waals surface area contributed by atoms with Crippen LogP contribution in [0.15, 0.2) is 42.6 Å². The summed E-state index contributed by atoms with van der Waals surface area (Å²) in [4.78, 5) is 29.1. The van der Waals surface area contributed by atoms with Crippen molar-refractivity contribution in [2.45, 2.75) is 44.6 Å². The molecule has 6 heteroatoms. The van der Waals surface area contributed by atoms with Crippen LogP contribution in [0.25, 0.3) is 0 Å². The number of hydrogen-bond donors (Lipinski definition) is 1. The van der Waals surface area contributed by atoms with E-state index in [4.69, 9.17) is 9.47 Å². The zero-order valence-corrected chi connectivity index (χ0v) is 15.7. The van der Waals surface area contributed by atoms with Crippen LogP contribution >= 0.6 is 0 Å². The van der Waals surface area contributed by atoms with Crippen LogP contribution in [0, 0.1) is 5.92 Å². The van der Waals surface area contributed by atoms with Gasteiger partial charge < -0.3 is 14.8 Å². The summed E-state index contributed by atoms with van der Waals surface area (Å²) in [6, 6.07) is 10.8. The van der Waals surface area contributed by atoms with E-state index in [1.807, 2.05) is 12.1 Å². The smallest absolute Gasteiger partial charge is 0.339 e. The van der Waals surface area contributed by atoms with Gasteiger partial charge >= 0.3 is 5.97 Å². The minimum absolute atomic E-state index is 0.346. The first-order valence-corrected chi connectivity index (χ1v) is 9.88. The number of benzene rings is 1. The molecule has 146 valence electrons. The van der Waals surface area contributed by atoms with Gasteiger partial charge in [0, 0.05) is 12.6 Å². The zero-order chi connectivity index (χ0) is 19.3. The van der Waals surface area contributed by atoms with Crippen molar-refractivity contribution < 1.29 is 19.1 Å². The van der Waals surface area contributed by atoms with Crippen molar-refractivity contribution in [1.29, 1.82) is 0 Å². The van der Waals surface area contributed by atoms with E-state index >= 15 is 0 Å². The van der Waals surface area contributed by atoms with Crippen LogP contribution in [0.4, 0.5) is 5.82 Å². The molecular weight excluding hydrogens is 356 g/mol. The lowest BCUT2D eigenvalue weighted by molar-refractivity contribution is -0.125. The molecule has 2 heterocycles. The number of rotatable bonds is 5. The Morgan fingerprint density at radius 2 is 1.96 bits per heavy atom. The minimum atomic E-state index is -0.879. The van der Waals surface area contributed by atoms with E-state index < -0.39 is 18.0 Å². The normalized spacial score (nSPS) is 19.4. The van der Waals surface area contributed by atoms with E-state index in [2.05, 4.69) is 10.3 Å². The fourth-order valence-corrected chi connectivity index (χ4v) is 3.84. The van der Waals surface area contributed by atoms with Crippen LogP contribution in [0.2, 0.25) is 0 Å². The van der Waals surface area contributed by atoms with Crippen molar-refractivity contribution in [3.8, 4) is 5.75 Å². The summed E-state index contributed by atoms with van der Waals surface area (Å²) in [5.41, 5.74) is 1.33. The Balaban J connectivity index is 1.41. The molecule has 0 bridgehead atoms. The van der Waals surface area contributed by atoms with E-state index in [9.17, 15) is 9.59 Å². The van der Waals surface area contributed by atoms with Gasteiger partial charge in [-0.2, -0.15) is 0 Å². The van der Waals surface area contributed by atoms with E-state index in [-0.39, 0.29) is 0 Å². The van der Waals surface area contributed by atoms with E-state index in [0.29, 0.717) is 36.1 Å². The van der Waals surface area contributed by atoms with Crippen molar-refractivity contribution >= 4 is 17.7 Å². The predicted octanol–water partition coefficient (Wildman–Crippen LogP) is 3.76. The molecule has 1 N–H and O–H groups in total. The molecule has 1 saturated carbocycles. The number of hydrogen-bond acceptors (Lipinski definition) is 5. The highest BCUT2D eigenvalue weighted by Crippen LogP contribution is 2.28. The molecule has 1 aromatic carbocycles. The summed E-state index contributed by atoms with van der Waals surface area (Å²) >= 11 is 0. The van der Waals surface area contributed by atoms with Gasteiger partial charge in [-0.25, -0.2) is 9.78 Å². The largest absolute Gasteiger partial charge is 0.489 e. The molecule has 1 aliphatic carbocycles. The molecule has 2 aromatic rings. The summed E-state index contributed by atoms with van der Waals surface area (Å²) in [6.45, 7) is 0.625. The van der Waals surface area contributed by atoms with Gasteiger partial charge in [-0.3, -0.25) is 4.79 Å². The standard InChI is InChI=1S/C22H24N2O4/c25-21(19-13-16-9-4-5-10-17(16)22(26)28-19)24-20-18(11-6-12-23-20)27-14-15-7-2-1-3-8-15/h4-6,9-12,15,19H,1-3,7-8,13-14H2,(H,23,24,25)/t19-/m0/s1. The molecule has 4 rings (SSSR count). The van der Waals surface area contributed by atoms with Crippen molar-refractivity contribution in [3.05, 3.63) is 53.7 Å². The number of carbonyl (C=O) groups excluding carboxylic acids is 2. The average molecular weight is 380 g/mol. The zero-order valence-electron chi connectivity index (χ0n) is 15.7. The number of pyridine rings is 1. The number of esters is 1. The van der Waals surface area contributed by atoms with Crippen molar-refractivity contribution in [3.63, 3.8) is 0 Å². The van der Waals surface area contributed by atoms with Gasteiger partial charge in [0.15, 0.2) is 17.7 Å². The molecule has 0 radical (unpaired) electrons. The maximum atomic E-state index is 12.7. The number of anilines is 1. The van der Waals surface area contributed by atoms with Gasteiger partial charge in [0.1, 0.15) is 0 Å². The Morgan fingerprint density at radius 1 is 1.14 bits per heavy atom. The third-order valence-electron chi connectivity index (χ3n) is 5.40. The maximum Gasteiger partial charge on any atom is 0.339 e. The number of carbonyl (C=O) groups is 2. The molecule has 6 nitrogen and oxygen atoms in total.